The maximum absolute atomic E-state index is 2.42. The lowest BCUT2D eigenvalue weighted by Gasteiger charge is -2.23. The van der Waals surface area contributed by atoms with Crippen LogP contribution in [0.3, 0.4) is 0 Å². The Morgan fingerprint density at radius 1 is 0.565 bits per heavy atom. The van der Waals surface area contributed by atoms with Crippen LogP contribution >= 0.6 is 0 Å². The summed E-state index contributed by atoms with van der Waals surface area (Å²) >= 11 is 0. The predicted octanol–water partition coefficient (Wildman–Crippen LogP) is 6.55. The van der Waals surface area contributed by atoms with Crippen LogP contribution in [0.2, 0.25) is 0 Å². The van der Waals surface area contributed by atoms with E-state index in [4.69, 9.17) is 0 Å². The van der Waals surface area contributed by atoms with Gasteiger partial charge in [-0.3, -0.25) is 0 Å². The minimum atomic E-state index is 0. The Balaban J connectivity index is 0. The van der Waals surface area contributed by atoms with Crippen molar-refractivity contribution < 1.29 is 9.96 Å². The topological polar surface area (TPSA) is 30.0 Å². The fraction of sp³-hybridized carbons (Fsp3) is 0.905. The van der Waals surface area contributed by atoms with Crippen LogP contribution in [0.1, 0.15) is 96.8 Å². The summed E-state index contributed by atoms with van der Waals surface area (Å²) in [6.07, 6.45) is 24.4. The van der Waals surface area contributed by atoms with E-state index in [-0.39, 0.29) is 5.48 Å². The molecule has 0 atom stereocenters. The van der Waals surface area contributed by atoms with Gasteiger partial charge in [0.2, 0.25) is 0 Å². The highest BCUT2D eigenvalue weighted by Crippen LogP contribution is 2.10. The lowest BCUT2D eigenvalue weighted by Crippen LogP contribution is -2.35. The van der Waals surface area contributed by atoms with Gasteiger partial charge in [0.25, 0.3) is 0 Å². The zero-order valence-electron chi connectivity index (χ0n) is 16.7. The van der Waals surface area contributed by atoms with Gasteiger partial charge in [-0.05, 0) is 38.5 Å². The van der Waals surface area contributed by atoms with Gasteiger partial charge in [0, 0.05) is 0 Å². The molecule has 0 spiro atoms. The molecular weight excluding hydrogens is 282 g/mol. The molecule has 0 saturated heterocycles. The molecule has 2 heteroatoms. The summed E-state index contributed by atoms with van der Waals surface area (Å²) in [4.78, 5) is 0. The van der Waals surface area contributed by atoms with Crippen molar-refractivity contribution in [2.45, 2.75) is 96.8 Å². The summed E-state index contributed by atoms with van der Waals surface area (Å²) in [5.74, 6) is 0. The Hall–Kier alpha value is -0.340. The number of rotatable bonds is 16. The third-order valence-electron chi connectivity index (χ3n) is 4.34. The van der Waals surface area contributed by atoms with Gasteiger partial charge in [-0.2, -0.15) is 0 Å². The Kier molecular flexibility index (Phi) is 19.5. The molecule has 0 aromatic rings. The standard InChI is InChI=1S/C21H44N.H2O/c1-5-6-7-8-9-10-11-12-13-14-15-16-17-18-19-20-21-22(2,3)4;/h12-13H,5-11,14-21H2,1-4H3;1H2/q+1;/p-1/b13-12-;. The van der Waals surface area contributed by atoms with E-state index >= 15 is 0 Å². The van der Waals surface area contributed by atoms with Crippen LogP contribution in [0, 0.1) is 0 Å². The maximum Gasteiger partial charge on any atom is 0.0780 e. The zero-order valence-corrected chi connectivity index (χ0v) is 16.7. The average Bonchev–Trinajstić information content (AvgIpc) is 2.45. The molecule has 0 aromatic carbocycles. The third-order valence-corrected chi connectivity index (χ3v) is 4.34. The van der Waals surface area contributed by atoms with E-state index in [1.165, 1.54) is 96.4 Å². The average molecular weight is 328 g/mol. The van der Waals surface area contributed by atoms with Gasteiger partial charge in [0.1, 0.15) is 0 Å². The molecule has 1 N–H and O–H groups in total. The van der Waals surface area contributed by atoms with Crippen molar-refractivity contribution in [3.8, 4) is 0 Å². The van der Waals surface area contributed by atoms with Crippen LogP contribution in [0.25, 0.3) is 0 Å². The highest BCUT2D eigenvalue weighted by Gasteiger charge is 2.04. The van der Waals surface area contributed by atoms with Gasteiger partial charge in [0.15, 0.2) is 0 Å². The minimum absolute atomic E-state index is 0. The molecule has 140 valence electrons. The van der Waals surface area contributed by atoms with Crippen LogP contribution in [-0.2, 0) is 0 Å². The molecule has 0 radical (unpaired) electrons. The largest absolute Gasteiger partial charge is 0.870 e. The number of nitrogens with zero attached hydrogens (tertiary/aromatic N) is 1. The third kappa shape index (κ3) is 24.0. The highest BCUT2D eigenvalue weighted by molar-refractivity contribution is 4.81. The molecule has 0 aliphatic carbocycles. The Morgan fingerprint density at radius 3 is 1.39 bits per heavy atom. The number of hydrogen-bond donors (Lipinski definition) is 0. The van der Waals surface area contributed by atoms with Gasteiger partial charge in [0.05, 0.1) is 27.7 Å². The maximum atomic E-state index is 2.42. The molecule has 0 heterocycles. The summed E-state index contributed by atoms with van der Waals surface area (Å²) in [5, 5.41) is 0. The molecule has 0 saturated carbocycles. The van der Waals surface area contributed by atoms with Crippen molar-refractivity contribution in [2.75, 3.05) is 27.7 Å². The first-order valence-electron chi connectivity index (χ1n) is 10.0. The molecular formula is C21H45NO. The van der Waals surface area contributed by atoms with E-state index in [2.05, 4.69) is 40.2 Å². The first-order chi connectivity index (χ1) is 10.6. The summed E-state index contributed by atoms with van der Waals surface area (Å²) in [6.45, 7) is 3.61. The summed E-state index contributed by atoms with van der Waals surface area (Å²) in [7, 11) is 6.87. The lowest BCUT2D eigenvalue weighted by atomic mass is 10.1. The first-order valence-corrected chi connectivity index (χ1v) is 10.0. The number of quaternary nitrogens is 1. The first kappa shape index (κ1) is 24.9. The molecule has 23 heavy (non-hydrogen) atoms. The second-order valence-electron chi connectivity index (χ2n) is 7.95. The van der Waals surface area contributed by atoms with Crippen LogP contribution in [-0.4, -0.2) is 37.6 Å². The monoisotopic (exact) mass is 327 g/mol. The second kappa shape index (κ2) is 18.0. The molecule has 2 nitrogen and oxygen atoms in total. The molecule has 0 aromatic heterocycles. The number of hydrogen-bond acceptors (Lipinski definition) is 1. The fourth-order valence-corrected chi connectivity index (χ4v) is 2.83. The van der Waals surface area contributed by atoms with Crippen molar-refractivity contribution >= 4 is 0 Å². The van der Waals surface area contributed by atoms with E-state index in [9.17, 15) is 0 Å². The molecule has 0 rings (SSSR count). The summed E-state index contributed by atoms with van der Waals surface area (Å²) < 4.78 is 1.11. The second-order valence-corrected chi connectivity index (χ2v) is 7.95. The quantitative estimate of drug-likeness (QED) is 0.179. The van der Waals surface area contributed by atoms with Crippen LogP contribution in [0.15, 0.2) is 12.2 Å². The Bertz CT molecular complexity index is 243. The smallest absolute Gasteiger partial charge is 0.0780 e. The van der Waals surface area contributed by atoms with Gasteiger partial charge in [-0.1, -0.05) is 70.4 Å². The fourth-order valence-electron chi connectivity index (χ4n) is 2.83. The summed E-state index contributed by atoms with van der Waals surface area (Å²) in [5.41, 5.74) is 0. The van der Waals surface area contributed by atoms with Crippen molar-refractivity contribution in [2.24, 2.45) is 0 Å². The Morgan fingerprint density at radius 2 is 0.957 bits per heavy atom. The van der Waals surface area contributed by atoms with Gasteiger partial charge >= 0.3 is 0 Å². The van der Waals surface area contributed by atoms with Crippen LogP contribution in [0.4, 0.5) is 0 Å². The van der Waals surface area contributed by atoms with Crippen molar-refractivity contribution in [1.82, 2.24) is 0 Å². The molecule has 0 aliphatic rings. The molecule has 0 fully saturated rings. The van der Waals surface area contributed by atoms with Gasteiger partial charge in [-0.15, -0.1) is 0 Å². The molecule has 0 unspecified atom stereocenters. The predicted molar refractivity (Wildman–Crippen MR) is 104 cm³/mol. The van der Waals surface area contributed by atoms with Crippen LogP contribution in [0.5, 0.6) is 0 Å². The SMILES string of the molecule is CCCCCCCC/C=C\CCCCCCCC[N+](C)(C)C.[OH-]. The van der Waals surface area contributed by atoms with Gasteiger partial charge < -0.3 is 9.96 Å². The van der Waals surface area contributed by atoms with Crippen molar-refractivity contribution in [1.29, 1.82) is 0 Å². The lowest BCUT2D eigenvalue weighted by molar-refractivity contribution is -0.870. The molecule has 0 bridgehead atoms. The van der Waals surface area contributed by atoms with Gasteiger partial charge in [-0.25, -0.2) is 0 Å². The zero-order chi connectivity index (χ0) is 16.5. The minimum Gasteiger partial charge on any atom is -0.870 e. The molecule has 0 amide bonds. The Labute approximate surface area is 147 Å². The molecule has 0 aliphatic heterocycles. The summed E-state index contributed by atoms with van der Waals surface area (Å²) in [6, 6.07) is 0. The normalized spacial score (nSPS) is 11.8. The van der Waals surface area contributed by atoms with Crippen LogP contribution < -0.4 is 0 Å². The number of unbranched alkanes of at least 4 members (excludes halogenated alkanes) is 12. The number of allylic oxidation sites excluding steroid dienone is 2. The van der Waals surface area contributed by atoms with E-state index in [0.29, 0.717) is 0 Å². The van der Waals surface area contributed by atoms with Crippen molar-refractivity contribution in [3.63, 3.8) is 0 Å². The highest BCUT2D eigenvalue weighted by atomic mass is 16.0. The van der Waals surface area contributed by atoms with E-state index in [1.807, 2.05) is 0 Å². The van der Waals surface area contributed by atoms with E-state index in [1.54, 1.807) is 0 Å². The van der Waals surface area contributed by atoms with Crippen molar-refractivity contribution in [3.05, 3.63) is 12.2 Å². The van der Waals surface area contributed by atoms with E-state index in [0.717, 1.165) is 4.48 Å². The van der Waals surface area contributed by atoms with E-state index < -0.39 is 0 Å².